The van der Waals surface area contributed by atoms with E-state index in [-0.39, 0.29) is 5.92 Å². The molecule has 0 aliphatic heterocycles. The molecule has 1 aliphatic carbocycles. The lowest BCUT2D eigenvalue weighted by Gasteiger charge is -2.24. The molecule has 2 N–H and O–H groups in total. The molecule has 3 rings (SSSR count). The van der Waals surface area contributed by atoms with E-state index in [9.17, 15) is 14.4 Å². The number of aryl methyl sites for hydroxylation is 1. The first-order chi connectivity index (χ1) is 13.8. The topological polar surface area (TPSA) is 97.4 Å². The highest BCUT2D eigenvalue weighted by atomic mass is 16.5. The van der Waals surface area contributed by atoms with Crippen LogP contribution in [0, 0.1) is 11.8 Å². The van der Waals surface area contributed by atoms with Gasteiger partial charge in [-0.05, 0) is 42.7 Å². The second-order valence-corrected chi connectivity index (χ2v) is 8.01. The summed E-state index contributed by atoms with van der Waals surface area (Å²) < 4.78 is 5.27. The molecule has 1 aromatic heterocycles. The molecule has 2 aromatic rings. The number of carbonyl (C=O) groups excluding carboxylic acids is 3. The summed E-state index contributed by atoms with van der Waals surface area (Å²) in [6.45, 7) is 5.98. The summed E-state index contributed by atoms with van der Waals surface area (Å²) in [6, 6.07) is 6.85. The summed E-state index contributed by atoms with van der Waals surface area (Å²) in [5.41, 5.74) is 3.05. The standard InChI is InChI=1S/C22H27N3O4/c1-13(2)11-23-22(28)25-19(26)12-29-21(27)20-15-6-4-5-7-17(15)24-18-9-8-14(3)10-16(18)20/h4-7,13-14H,8-12H2,1-3H3,(H2,23,25,26,28)/t14-/m1/s1. The number of imide groups is 1. The van der Waals surface area contributed by atoms with E-state index in [4.69, 9.17) is 9.72 Å². The number of nitrogens with one attached hydrogen (secondary N) is 2. The normalized spacial score (nSPS) is 15.7. The minimum Gasteiger partial charge on any atom is -0.452 e. The maximum absolute atomic E-state index is 12.9. The van der Waals surface area contributed by atoms with Gasteiger partial charge in [0.05, 0.1) is 11.1 Å². The van der Waals surface area contributed by atoms with Gasteiger partial charge in [0.15, 0.2) is 6.61 Å². The highest BCUT2D eigenvalue weighted by molar-refractivity contribution is 6.06. The number of hydrogen-bond donors (Lipinski definition) is 2. The van der Waals surface area contributed by atoms with Crippen molar-refractivity contribution in [2.45, 2.75) is 40.0 Å². The Labute approximate surface area is 170 Å². The lowest BCUT2D eigenvalue weighted by Crippen LogP contribution is -2.42. The number of aromatic nitrogens is 1. The Bertz CT molecular complexity index is 939. The lowest BCUT2D eigenvalue weighted by molar-refractivity contribution is -0.123. The van der Waals surface area contributed by atoms with E-state index in [0.717, 1.165) is 41.4 Å². The van der Waals surface area contributed by atoms with Crippen molar-refractivity contribution in [1.29, 1.82) is 0 Å². The fraction of sp³-hybridized carbons (Fsp3) is 0.455. The van der Waals surface area contributed by atoms with Crippen LogP contribution in [-0.2, 0) is 22.4 Å². The van der Waals surface area contributed by atoms with Crippen molar-refractivity contribution in [3.63, 3.8) is 0 Å². The average Bonchev–Trinajstić information content (AvgIpc) is 2.68. The van der Waals surface area contributed by atoms with Crippen molar-refractivity contribution in [2.75, 3.05) is 13.2 Å². The number of fused-ring (bicyclic) bond motifs is 2. The van der Waals surface area contributed by atoms with Crippen LogP contribution in [0.2, 0.25) is 0 Å². The van der Waals surface area contributed by atoms with Crippen molar-refractivity contribution in [1.82, 2.24) is 15.6 Å². The zero-order valence-corrected chi connectivity index (χ0v) is 17.1. The highest BCUT2D eigenvalue weighted by Gasteiger charge is 2.26. The number of esters is 1. The molecule has 1 atom stereocenters. The predicted octanol–water partition coefficient (Wildman–Crippen LogP) is 3.00. The second-order valence-electron chi connectivity index (χ2n) is 8.01. The van der Waals surface area contributed by atoms with E-state index in [1.807, 2.05) is 38.1 Å². The van der Waals surface area contributed by atoms with E-state index < -0.39 is 24.5 Å². The van der Waals surface area contributed by atoms with Gasteiger partial charge in [0.1, 0.15) is 0 Å². The maximum atomic E-state index is 12.9. The van der Waals surface area contributed by atoms with Crippen LogP contribution < -0.4 is 10.6 Å². The van der Waals surface area contributed by atoms with Crippen LogP contribution in [0.1, 0.15) is 48.8 Å². The Kier molecular flexibility index (Phi) is 6.46. The molecule has 0 bridgehead atoms. The van der Waals surface area contributed by atoms with Gasteiger partial charge in [-0.15, -0.1) is 0 Å². The largest absolute Gasteiger partial charge is 0.452 e. The highest BCUT2D eigenvalue weighted by Crippen LogP contribution is 2.31. The fourth-order valence-corrected chi connectivity index (χ4v) is 3.50. The van der Waals surface area contributed by atoms with Gasteiger partial charge in [-0.25, -0.2) is 9.59 Å². The molecule has 29 heavy (non-hydrogen) atoms. The number of amides is 3. The summed E-state index contributed by atoms with van der Waals surface area (Å²) in [4.78, 5) is 41.3. The number of ether oxygens (including phenoxy) is 1. The molecule has 0 unspecified atom stereocenters. The third kappa shape index (κ3) is 5.10. The molecule has 3 amide bonds. The van der Waals surface area contributed by atoms with Crippen LogP contribution in [0.3, 0.4) is 0 Å². The molecular weight excluding hydrogens is 370 g/mol. The smallest absolute Gasteiger partial charge is 0.339 e. The SMILES string of the molecule is CC(C)CNC(=O)NC(=O)COC(=O)c1c2c(nc3ccccc13)CC[C@@H](C)C2. The summed E-state index contributed by atoms with van der Waals surface area (Å²) in [6.07, 6.45) is 2.60. The third-order valence-corrected chi connectivity index (χ3v) is 4.97. The van der Waals surface area contributed by atoms with Crippen molar-refractivity contribution >= 4 is 28.8 Å². The Hall–Kier alpha value is -2.96. The molecule has 1 aromatic carbocycles. The van der Waals surface area contributed by atoms with Crippen molar-refractivity contribution in [2.24, 2.45) is 11.8 Å². The first-order valence-electron chi connectivity index (χ1n) is 10.0. The Balaban J connectivity index is 1.74. The van der Waals surface area contributed by atoms with Crippen molar-refractivity contribution < 1.29 is 19.1 Å². The minimum atomic E-state index is -0.666. The van der Waals surface area contributed by atoms with E-state index in [1.165, 1.54) is 0 Å². The Morgan fingerprint density at radius 2 is 2.00 bits per heavy atom. The Morgan fingerprint density at radius 3 is 2.76 bits per heavy atom. The van der Waals surface area contributed by atoms with Gasteiger partial charge in [0, 0.05) is 17.6 Å². The number of benzene rings is 1. The van der Waals surface area contributed by atoms with E-state index in [2.05, 4.69) is 17.6 Å². The first kappa shape index (κ1) is 20.8. The van der Waals surface area contributed by atoms with Crippen LogP contribution in [0.4, 0.5) is 4.79 Å². The molecule has 0 spiro atoms. The summed E-state index contributed by atoms with van der Waals surface area (Å²) in [7, 11) is 0. The summed E-state index contributed by atoms with van der Waals surface area (Å²) in [5.74, 6) is -0.515. The number of nitrogens with zero attached hydrogens (tertiary/aromatic N) is 1. The number of rotatable bonds is 5. The van der Waals surface area contributed by atoms with Crippen LogP contribution >= 0.6 is 0 Å². The van der Waals surface area contributed by atoms with Gasteiger partial charge in [0.2, 0.25) is 0 Å². The lowest BCUT2D eigenvalue weighted by atomic mass is 9.84. The van der Waals surface area contributed by atoms with Crippen LogP contribution in [0.5, 0.6) is 0 Å². The zero-order chi connectivity index (χ0) is 21.0. The van der Waals surface area contributed by atoms with Gasteiger partial charge in [-0.2, -0.15) is 0 Å². The number of urea groups is 1. The Morgan fingerprint density at radius 1 is 1.24 bits per heavy atom. The zero-order valence-electron chi connectivity index (χ0n) is 17.1. The molecule has 0 fully saturated rings. The maximum Gasteiger partial charge on any atom is 0.339 e. The molecule has 1 heterocycles. The van der Waals surface area contributed by atoms with Gasteiger partial charge in [0.25, 0.3) is 5.91 Å². The van der Waals surface area contributed by atoms with Gasteiger partial charge < -0.3 is 10.1 Å². The molecule has 1 aliphatic rings. The van der Waals surface area contributed by atoms with E-state index in [0.29, 0.717) is 18.0 Å². The van der Waals surface area contributed by atoms with Crippen molar-refractivity contribution in [3.05, 3.63) is 41.1 Å². The van der Waals surface area contributed by atoms with E-state index in [1.54, 1.807) is 0 Å². The summed E-state index contributed by atoms with van der Waals surface area (Å²) >= 11 is 0. The van der Waals surface area contributed by atoms with Crippen molar-refractivity contribution in [3.8, 4) is 0 Å². The van der Waals surface area contributed by atoms with Gasteiger partial charge in [-0.1, -0.05) is 39.0 Å². The van der Waals surface area contributed by atoms with Crippen LogP contribution in [-0.4, -0.2) is 36.0 Å². The van der Waals surface area contributed by atoms with Gasteiger partial charge >= 0.3 is 12.0 Å². The second kappa shape index (κ2) is 9.03. The molecule has 0 saturated heterocycles. The molecule has 7 nitrogen and oxygen atoms in total. The van der Waals surface area contributed by atoms with Crippen LogP contribution in [0.15, 0.2) is 24.3 Å². The molecule has 0 saturated carbocycles. The first-order valence-corrected chi connectivity index (χ1v) is 10.0. The minimum absolute atomic E-state index is 0.266. The number of pyridine rings is 1. The van der Waals surface area contributed by atoms with Gasteiger partial charge in [-0.3, -0.25) is 15.1 Å². The third-order valence-electron chi connectivity index (χ3n) is 4.97. The number of hydrogen-bond acceptors (Lipinski definition) is 5. The monoisotopic (exact) mass is 397 g/mol. The average molecular weight is 397 g/mol. The number of para-hydroxylation sites is 1. The van der Waals surface area contributed by atoms with E-state index >= 15 is 0 Å². The summed E-state index contributed by atoms with van der Waals surface area (Å²) in [5, 5.41) is 5.48. The molecule has 7 heteroatoms. The quantitative estimate of drug-likeness (QED) is 0.756. The number of carbonyl (C=O) groups is 3. The molecular formula is C22H27N3O4. The predicted molar refractivity (Wildman–Crippen MR) is 110 cm³/mol. The molecule has 0 radical (unpaired) electrons. The molecule has 154 valence electrons. The fourth-order valence-electron chi connectivity index (χ4n) is 3.50. The van der Waals surface area contributed by atoms with Crippen LogP contribution in [0.25, 0.3) is 10.9 Å².